The lowest BCUT2D eigenvalue weighted by atomic mass is 10.2. The molecule has 104 valence electrons. The molecule has 0 radical (unpaired) electrons. The number of nitrogens with zero attached hydrogens (tertiary/aromatic N) is 1. The summed E-state index contributed by atoms with van der Waals surface area (Å²) in [5.41, 5.74) is 0.429. The van der Waals surface area contributed by atoms with Crippen molar-refractivity contribution in [3.63, 3.8) is 0 Å². The molecule has 1 heterocycles. The smallest absolute Gasteiger partial charge is 0.274 e. The van der Waals surface area contributed by atoms with E-state index in [0.717, 1.165) is 0 Å². The van der Waals surface area contributed by atoms with Gasteiger partial charge in [0.15, 0.2) is 6.29 Å². The summed E-state index contributed by atoms with van der Waals surface area (Å²) in [6.07, 6.45) is -1.85. The lowest BCUT2D eigenvalue weighted by molar-refractivity contribution is -0.386. The van der Waals surface area contributed by atoms with Crippen molar-refractivity contribution in [2.45, 2.75) is 31.5 Å². The average Bonchev–Trinajstić information content (AvgIpc) is 2.77. The Morgan fingerprint density at radius 1 is 1.47 bits per heavy atom. The van der Waals surface area contributed by atoms with Crippen LogP contribution >= 0.6 is 0 Å². The van der Waals surface area contributed by atoms with Gasteiger partial charge in [-0.25, -0.2) is 0 Å². The summed E-state index contributed by atoms with van der Waals surface area (Å²) >= 11 is 0. The van der Waals surface area contributed by atoms with Crippen LogP contribution in [0.1, 0.15) is 12.0 Å². The van der Waals surface area contributed by atoms with Crippen LogP contribution in [0, 0.1) is 10.1 Å². The number of benzene rings is 1. The molecule has 3 atom stereocenters. The number of para-hydroxylation sites is 1. The van der Waals surface area contributed by atoms with Gasteiger partial charge in [0.1, 0.15) is 6.10 Å². The van der Waals surface area contributed by atoms with Gasteiger partial charge in [-0.1, -0.05) is 12.1 Å². The van der Waals surface area contributed by atoms with E-state index in [4.69, 9.17) is 14.6 Å². The number of hydrogen-bond donors (Lipinski definition) is 2. The summed E-state index contributed by atoms with van der Waals surface area (Å²) in [4.78, 5) is 10.3. The highest BCUT2D eigenvalue weighted by molar-refractivity contribution is 5.39. The molecule has 0 saturated carbocycles. The number of nitro groups is 1. The Labute approximate surface area is 109 Å². The molecule has 2 rings (SSSR count). The molecule has 7 heteroatoms. The van der Waals surface area contributed by atoms with Gasteiger partial charge in [-0.3, -0.25) is 10.1 Å². The number of hydrogen-bond acceptors (Lipinski definition) is 6. The fraction of sp³-hybridized carbons (Fsp3) is 0.500. The van der Waals surface area contributed by atoms with Gasteiger partial charge in [-0.2, -0.15) is 0 Å². The number of rotatable bonds is 5. The van der Waals surface area contributed by atoms with Gasteiger partial charge in [0, 0.05) is 12.5 Å². The molecule has 0 bridgehead atoms. The Hall–Kier alpha value is -1.54. The molecule has 1 saturated heterocycles. The van der Waals surface area contributed by atoms with E-state index in [9.17, 15) is 15.2 Å². The maximum absolute atomic E-state index is 10.8. The summed E-state index contributed by atoms with van der Waals surface area (Å²) in [7, 11) is 0. The van der Waals surface area contributed by atoms with Gasteiger partial charge in [0.2, 0.25) is 0 Å². The summed E-state index contributed by atoms with van der Waals surface area (Å²) in [5.74, 6) is 0. The second kappa shape index (κ2) is 6.07. The van der Waals surface area contributed by atoms with E-state index in [2.05, 4.69) is 0 Å². The molecule has 1 aliphatic heterocycles. The van der Waals surface area contributed by atoms with Crippen molar-refractivity contribution < 1.29 is 24.6 Å². The molecule has 0 aromatic heterocycles. The van der Waals surface area contributed by atoms with Crippen molar-refractivity contribution in [3.05, 3.63) is 39.9 Å². The number of nitro benzene ring substituents is 1. The third-order valence-electron chi connectivity index (χ3n) is 2.98. The van der Waals surface area contributed by atoms with Crippen LogP contribution in [-0.2, 0) is 16.1 Å². The van der Waals surface area contributed by atoms with Crippen LogP contribution in [-0.4, -0.2) is 40.2 Å². The van der Waals surface area contributed by atoms with E-state index in [1.807, 2.05) is 0 Å². The Bertz CT molecular complexity index is 452. The Balaban J connectivity index is 1.95. The highest BCUT2D eigenvalue weighted by Gasteiger charge is 2.34. The van der Waals surface area contributed by atoms with Crippen molar-refractivity contribution in [3.8, 4) is 0 Å². The quantitative estimate of drug-likeness (QED) is 0.598. The molecule has 7 nitrogen and oxygen atoms in total. The number of aliphatic hydroxyl groups excluding tert-OH is 2. The fourth-order valence-corrected chi connectivity index (χ4v) is 1.96. The first-order valence-corrected chi connectivity index (χ1v) is 5.90. The highest BCUT2D eigenvalue weighted by atomic mass is 16.7. The van der Waals surface area contributed by atoms with Crippen LogP contribution in [0.4, 0.5) is 5.69 Å². The Morgan fingerprint density at radius 3 is 2.84 bits per heavy atom. The van der Waals surface area contributed by atoms with Crippen molar-refractivity contribution in [2.75, 3.05) is 6.61 Å². The first kappa shape index (κ1) is 13.9. The first-order chi connectivity index (χ1) is 9.11. The van der Waals surface area contributed by atoms with Crippen molar-refractivity contribution in [1.82, 2.24) is 0 Å². The third-order valence-corrected chi connectivity index (χ3v) is 2.98. The normalized spacial score (nSPS) is 26.5. The molecule has 2 N–H and O–H groups in total. The zero-order valence-corrected chi connectivity index (χ0v) is 10.1. The summed E-state index contributed by atoms with van der Waals surface area (Å²) < 4.78 is 10.6. The topological polar surface area (TPSA) is 102 Å². The monoisotopic (exact) mass is 269 g/mol. The lowest BCUT2D eigenvalue weighted by Gasteiger charge is -2.12. The van der Waals surface area contributed by atoms with Gasteiger partial charge >= 0.3 is 0 Å². The maximum Gasteiger partial charge on any atom is 0.274 e. The predicted octanol–water partition coefficient (Wildman–Crippen LogP) is 0.580. The third kappa shape index (κ3) is 3.27. The molecule has 0 aliphatic carbocycles. The van der Waals surface area contributed by atoms with Crippen LogP contribution in [0.15, 0.2) is 24.3 Å². The predicted molar refractivity (Wildman–Crippen MR) is 64.3 cm³/mol. The van der Waals surface area contributed by atoms with Crippen molar-refractivity contribution in [1.29, 1.82) is 0 Å². The summed E-state index contributed by atoms with van der Waals surface area (Å²) in [6, 6.07) is 6.28. The van der Waals surface area contributed by atoms with Crippen LogP contribution in [0.2, 0.25) is 0 Å². The second-order valence-electron chi connectivity index (χ2n) is 4.29. The summed E-state index contributed by atoms with van der Waals surface area (Å²) in [6.45, 7) is -0.265. The van der Waals surface area contributed by atoms with Crippen molar-refractivity contribution in [2.24, 2.45) is 0 Å². The Morgan fingerprint density at radius 2 is 2.21 bits per heavy atom. The molecule has 1 aromatic carbocycles. The summed E-state index contributed by atoms with van der Waals surface area (Å²) in [5, 5.41) is 29.3. The van der Waals surface area contributed by atoms with Gasteiger partial charge < -0.3 is 19.7 Å². The van der Waals surface area contributed by atoms with Gasteiger partial charge in [-0.15, -0.1) is 0 Å². The van der Waals surface area contributed by atoms with Crippen LogP contribution in [0.25, 0.3) is 0 Å². The highest BCUT2D eigenvalue weighted by Crippen LogP contribution is 2.24. The minimum absolute atomic E-state index is 0.0141. The molecule has 0 amide bonds. The molecule has 0 unspecified atom stereocenters. The maximum atomic E-state index is 10.8. The van der Waals surface area contributed by atoms with Crippen LogP contribution < -0.4 is 0 Å². The minimum Gasteiger partial charge on any atom is -0.394 e. The van der Waals surface area contributed by atoms with Gasteiger partial charge in [0.25, 0.3) is 5.69 Å². The lowest BCUT2D eigenvalue weighted by Crippen LogP contribution is -2.24. The van der Waals surface area contributed by atoms with E-state index >= 15 is 0 Å². The number of ether oxygens (including phenoxy) is 2. The fourth-order valence-electron chi connectivity index (χ4n) is 1.96. The zero-order chi connectivity index (χ0) is 13.8. The molecule has 0 spiro atoms. The van der Waals surface area contributed by atoms with Gasteiger partial charge in [-0.05, 0) is 6.07 Å². The van der Waals surface area contributed by atoms with Crippen LogP contribution in [0.3, 0.4) is 0 Å². The van der Waals surface area contributed by atoms with E-state index in [0.29, 0.717) is 5.56 Å². The van der Waals surface area contributed by atoms with E-state index < -0.39 is 23.4 Å². The molecule has 1 aromatic rings. The Kier molecular flexibility index (Phi) is 4.43. The van der Waals surface area contributed by atoms with Crippen molar-refractivity contribution >= 4 is 5.69 Å². The van der Waals surface area contributed by atoms with E-state index in [1.54, 1.807) is 18.2 Å². The van der Waals surface area contributed by atoms with Gasteiger partial charge in [0.05, 0.1) is 29.8 Å². The molecule has 1 aliphatic rings. The first-order valence-electron chi connectivity index (χ1n) is 5.90. The minimum atomic E-state index is -0.777. The second-order valence-corrected chi connectivity index (χ2v) is 4.29. The average molecular weight is 269 g/mol. The molecule has 19 heavy (non-hydrogen) atoms. The van der Waals surface area contributed by atoms with E-state index in [1.165, 1.54) is 6.07 Å². The zero-order valence-electron chi connectivity index (χ0n) is 10.1. The SMILES string of the molecule is O=[N+]([O-])c1ccccc1CO[C@@H]1C[C@H](O)[C@@H](CO)O1. The molecular weight excluding hydrogens is 254 g/mol. The number of aliphatic hydroxyl groups is 2. The molecular formula is C12H15NO6. The van der Waals surface area contributed by atoms with E-state index in [-0.39, 0.29) is 25.3 Å². The molecule has 1 fully saturated rings. The largest absolute Gasteiger partial charge is 0.394 e. The standard InChI is InChI=1S/C12H15NO6/c14-6-11-10(15)5-12(19-11)18-7-8-3-1-2-4-9(8)13(16)17/h1-4,10-12,14-15H,5-7H2/t10-,11+,12-/m0/s1. The van der Waals surface area contributed by atoms with Crippen LogP contribution in [0.5, 0.6) is 0 Å².